The lowest BCUT2D eigenvalue weighted by atomic mass is 10.1. The fraction of sp³-hybridized carbons (Fsp3) is 0.556. The molecule has 1 aliphatic carbocycles. The molecule has 2 aliphatic rings. The highest BCUT2D eigenvalue weighted by Crippen LogP contribution is 2.18. The van der Waals surface area contributed by atoms with Crippen molar-refractivity contribution in [1.29, 1.82) is 0 Å². The Morgan fingerprint density at radius 1 is 1.54 bits per heavy atom. The van der Waals surface area contributed by atoms with Crippen LogP contribution in [0.4, 0.5) is 0 Å². The van der Waals surface area contributed by atoms with Crippen LogP contribution < -0.4 is 5.32 Å². The molecule has 0 radical (unpaired) electrons. The highest BCUT2D eigenvalue weighted by atomic mass is 32.2. The molecule has 0 aromatic carbocycles. The molecule has 1 aliphatic heterocycles. The van der Waals surface area contributed by atoms with E-state index >= 15 is 0 Å². The first-order valence-corrected chi connectivity index (χ1v) is 5.48. The minimum atomic E-state index is 0.123. The summed E-state index contributed by atoms with van der Waals surface area (Å²) < 4.78 is 0. The summed E-state index contributed by atoms with van der Waals surface area (Å²) in [5, 5.41) is 3.66. The number of amides is 1. The third kappa shape index (κ3) is 2.12. The van der Waals surface area contributed by atoms with Gasteiger partial charge in [0.25, 0.3) is 0 Å². The Labute approximate surface area is 81.7 Å². The number of hydrogen-bond acceptors (Lipinski definition) is 3. The maximum absolute atomic E-state index is 11.6. The highest BCUT2D eigenvalue weighted by Gasteiger charge is 2.21. The lowest BCUT2D eigenvalue weighted by Crippen LogP contribution is -2.32. The number of rotatable bonds is 1. The minimum absolute atomic E-state index is 0.123. The monoisotopic (exact) mass is 196 g/mol. The van der Waals surface area contributed by atoms with Crippen LogP contribution in [0.15, 0.2) is 17.1 Å². The molecule has 13 heavy (non-hydrogen) atoms. The number of amidine groups is 1. The Hall–Kier alpha value is -0.770. The number of allylic oxidation sites excluding steroid dienone is 2. The summed E-state index contributed by atoms with van der Waals surface area (Å²) in [5.74, 6) is 1.26. The third-order valence-corrected chi connectivity index (χ3v) is 3.09. The van der Waals surface area contributed by atoms with E-state index in [9.17, 15) is 4.79 Å². The number of hydrogen-bond donors (Lipinski definition) is 1. The summed E-state index contributed by atoms with van der Waals surface area (Å²) in [4.78, 5) is 15.7. The topological polar surface area (TPSA) is 41.5 Å². The molecule has 1 N–H and O–H groups in total. The van der Waals surface area contributed by atoms with Gasteiger partial charge < -0.3 is 5.32 Å². The lowest BCUT2D eigenvalue weighted by Gasteiger charge is -2.08. The minimum Gasteiger partial charge on any atom is -0.305 e. The predicted octanol–water partition coefficient (Wildman–Crippen LogP) is 1.17. The van der Waals surface area contributed by atoms with Gasteiger partial charge in [-0.1, -0.05) is 23.9 Å². The number of thioether (sulfide) groups is 1. The van der Waals surface area contributed by atoms with Crippen molar-refractivity contribution >= 4 is 22.8 Å². The molecule has 0 bridgehead atoms. The normalized spacial score (nSPS) is 22.0. The molecule has 0 saturated heterocycles. The zero-order valence-corrected chi connectivity index (χ0v) is 8.14. The van der Waals surface area contributed by atoms with E-state index in [-0.39, 0.29) is 11.8 Å². The van der Waals surface area contributed by atoms with Crippen LogP contribution in [0.3, 0.4) is 0 Å². The molecule has 0 atom stereocenters. The second kappa shape index (κ2) is 3.96. The van der Waals surface area contributed by atoms with Crippen LogP contribution >= 0.6 is 11.8 Å². The Morgan fingerprint density at radius 2 is 2.31 bits per heavy atom. The van der Waals surface area contributed by atoms with Crippen molar-refractivity contribution in [2.24, 2.45) is 10.9 Å². The molecular weight excluding hydrogens is 184 g/mol. The molecule has 0 spiro atoms. The fourth-order valence-corrected chi connectivity index (χ4v) is 2.18. The third-order valence-electron chi connectivity index (χ3n) is 2.19. The molecule has 3 nitrogen and oxygen atoms in total. The number of carbonyl (C=O) groups is 1. The van der Waals surface area contributed by atoms with E-state index in [2.05, 4.69) is 22.5 Å². The highest BCUT2D eigenvalue weighted by molar-refractivity contribution is 8.14. The van der Waals surface area contributed by atoms with Crippen LogP contribution in [0.2, 0.25) is 0 Å². The van der Waals surface area contributed by atoms with E-state index in [0.29, 0.717) is 0 Å². The van der Waals surface area contributed by atoms with Gasteiger partial charge in [-0.25, -0.2) is 0 Å². The number of carbonyl (C=O) groups excluding carboxylic acids is 1. The Balaban J connectivity index is 1.84. The molecule has 0 saturated carbocycles. The van der Waals surface area contributed by atoms with Gasteiger partial charge in [0.2, 0.25) is 5.91 Å². The van der Waals surface area contributed by atoms with E-state index < -0.39 is 0 Å². The van der Waals surface area contributed by atoms with Crippen LogP contribution in [0.1, 0.15) is 12.8 Å². The summed E-state index contributed by atoms with van der Waals surface area (Å²) >= 11 is 1.63. The fourth-order valence-electron chi connectivity index (χ4n) is 1.45. The first kappa shape index (κ1) is 8.81. The SMILES string of the molecule is O=C(NC1=NCCS1)C1CC=CC1. The second-order valence-corrected chi connectivity index (χ2v) is 4.25. The van der Waals surface area contributed by atoms with E-state index in [4.69, 9.17) is 0 Å². The molecule has 4 heteroatoms. The molecular formula is C9H12N2OS. The standard InChI is InChI=1S/C9H12N2OS/c12-8(7-3-1-2-4-7)11-9-10-5-6-13-9/h1-2,7H,3-6H2,(H,10,11,12). The molecule has 1 heterocycles. The van der Waals surface area contributed by atoms with Gasteiger partial charge in [0.05, 0.1) is 6.54 Å². The zero-order chi connectivity index (χ0) is 9.10. The van der Waals surface area contributed by atoms with Gasteiger partial charge in [-0.2, -0.15) is 0 Å². The largest absolute Gasteiger partial charge is 0.305 e. The van der Waals surface area contributed by atoms with Gasteiger partial charge in [0, 0.05) is 11.7 Å². The predicted molar refractivity (Wildman–Crippen MR) is 54.8 cm³/mol. The van der Waals surface area contributed by atoms with Crippen LogP contribution in [0, 0.1) is 5.92 Å². The second-order valence-electron chi connectivity index (χ2n) is 3.16. The van der Waals surface area contributed by atoms with E-state index in [0.717, 1.165) is 30.3 Å². The van der Waals surface area contributed by atoms with Gasteiger partial charge in [-0.15, -0.1) is 0 Å². The molecule has 0 fully saturated rings. The quantitative estimate of drug-likeness (QED) is 0.640. The van der Waals surface area contributed by atoms with Gasteiger partial charge in [-0.3, -0.25) is 9.79 Å². The average molecular weight is 196 g/mol. The van der Waals surface area contributed by atoms with Crippen molar-refractivity contribution in [2.45, 2.75) is 12.8 Å². The Morgan fingerprint density at radius 3 is 2.92 bits per heavy atom. The number of aliphatic imine (C=N–C) groups is 1. The molecule has 1 amide bonds. The summed E-state index contributed by atoms with van der Waals surface area (Å²) in [6, 6.07) is 0. The van der Waals surface area contributed by atoms with Crippen molar-refractivity contribution in [3.05, 3.63) is 12.2 Å². The van der Waals surface area contributed by atoms with Crippen LogP contribution in [-0.4, -0.2) is 23.4 Å². The number of nitrogens with one attached hydrogen (secondary N) is 1. The summed E-state index contributed by atoms with van der Waals surface area (Å²) in [5.41, 5.74) is 0. The van der Waals surface area contributed by atoms with Gasteiger partial charge in [0.15, 0.2) is 5.17 Å². The van der Waals surface area contributed by atoms with Crippen LogP contribution in [0.25, 0.3) is 0 Å². The Bertz CT molecular complexity index is 265. The van der Waals surface area contributed by atoms with Crippen LogP contribution in [0.5, 0.6) is 0 Å². The molecule has 70 valence electrons. The molecule has 2 rings (SSSR count). The molecule has 0 unspecified atom stereocenters. The van der Waals surface area contributed by atoms with Gasteiger partial charge >= 0.3 is 0 Å². The maximum Gasteiger partial charge on any atom is 0.229 e. The van der Waals surface area contributed by atoms with Crippen molar-refractivity contribution in [3.63, 3.8) is 0 Å². The Kier molecular flexibility index (Phi) is 2.68. The molecule has 0 aromatic rings. The number of nitrogens with zero attached hydrogens (tertiary/aromatic N) is 1. The van der Waals surface area contributed by atoms with E-state index in [1.54, 1.807) is 11.8 Å². The van der Waals surface area contributed by atoms with Gasteiger partial charge in [0.1, 0.15) is 0 Å². The van der Waals surface area contributed by atoms with Crippen molar-refractivity contribution in [2.75, 3.05) is 12.3 Å². The van der Waals surface area contributed by atoms with Crippen molar-refractivity contribution in [1.82, 2.24) is 5.32 Å². The average Bonchev–Trinajstić information content (AvgIpc) is 2.74. The van der Waals surface area contributed by atoms with Crippen LogP contribution in [-0.2, 0) is 4.79 Å². The van der Waals surface area contributed by atoms with Gasteiger partial charge in [-0.05, 0) is 12.8 Å². The smallest absolute Gasteiger partial charge is 0.229 e. The van der Waals surface area contributed by atoms with Crippen molar-refractivity contribution < 1.29 is 4.79 Å². The first-order chi connectivity index (χ1) is 6.36. The van der Waals surface area contributed by atoms with E-state index in [1.807, 2.05) is 0 Å². The summed E-state index contributed by atoms with van der Waals surface area (Å²) in [6.45, 7) is 0.837. The first-order valence-electron chi connectivity index (χ1n) is 4.49. The summed E-state index contributed by atoms with van der Waals surface area (Å²) in [6.07, 6.45) is 5.88. The van der Waals surface area contributed by atoms with Crippen molar-refractivity contribution in [3.8, 4) is 0 Å². The molecule has 0 aromatic heterocycles. The summed E-state index contributed by atoms with van der Waals surface area (Å²) in [7, 11) is 0. The maximum atomic E-state index is 11.6. The zero-order valence-electron chi connectivity index (χ0n) is 7.32. The lowest BCUT2D eigenvalue weighted by molar-refractivity contribution is -0.123. The van der Waals surface area contributed by atoms with E-state index in [1.165, 1.54) is 0 Å².